The zero-order valence-corrected chi connectivity index (χ0v) is 10.0. The van der Waals surface area contributed by atoms with E-state index in [9.17, 15) is 4.79 Å². The van der Waals surface area contributed by atoms with Crippen LogP contribution in [0.5, 0.6) is 0 Å². The van der Waals surface area contributed by atoms with Gasteiger partial charge in [-0.1, -0.05) is 26.2 Å². The lowest BCUT2D eigenvalue weighted by Gasteiger charge is -2.27. The number of amides is 1. The van der Waals surface area contributed by atoms with Crippen molar-refractivity contribution in [2.75, 3.05) is 13.6 Å². The Balaban J connectivity index is 1.75. The Labute approximate surface area is 93.0 Å². The average Bonchev–Trinajstić information content (AvgIpc) is 2.96. The molecule has 0 aromatic heterocycles. The van der Waals surface area contributed by atoms with Crippen LogP contribution in [0.1, 0.15) is 45.4 Å². The summed E-state index contributed by atoms with van der Waals surface area (Å²) in [6.07, 6.45) is 7.91. The molecule has 0 spiro atoms. The molecule has 2 aliphatic rings. The van der Waals surface area contributed by atoms with Crippen molar-refractivity contribution in [3.8, 4) is 0 Å². The van der Waals surface area contributed by atoms with Gasteiger partial charge in [-0.25, -0.2) is 0 Å². The first-order valence-electron chi connectivity index (χ1n) is 6.43. The molecule has 0 aromatic carbocycles. The highest BCUT2D eigenvalue weighted by Gasteiger charge is 2.40. The van der Waals surface area contributed by atoms with E-state index in [4.69, 9.17) is 0 Å². The molecule has 0 N–H and O–H groups in total. The van der Waals surface area contributed by atoms with E-state index in [0.717, 1.165) is 18.9 Å². The van der Waals surface area contributed by atoms with E-state index in [1.807, 2.05) is 11.9 Å². The van der Waals surface area contributed by atoms with Gasteiger partial charge in [0.2, 0.25) is 5.91 Å². The first kappa shape index (κ1) is 11.0. The predicted octanol–water partition coefficient (Wildman–Crippen LogP) is 2.68. The molecule has 2 rings (SSSR count). The van der Waals surface area contributed by atoms with Crippen molar-refractivity contribution in [2.24, 2.45) is 17.8 Å². The van der Waals surface area contributed by atoms with Crippen LogP contribution in [-0.2, 0) is 4.79 Å². The number of rotatable bonds is 3. The van der Waals surface area contributed by atoms with Crippen molar-refractivity contribution in [1.29, 1.82) is 0 Å². The molecule has 2 saturated carbocycles. The summed E-state index contributed by atoms with van der Waals surface area (Å²) in [5, 5.41) is 0. The fraction of sp³-hybridized carbons (Fsp3) is 0.923. The fourth-order valence-electron chi connectivity index (χ4n) is 2.80. The Hall–Kier alpha value is -0.530. The van der Waals surface area contributed by atoms with Crippen LogP contribution in [0, 0.1) is 17.8 Å². The van der Waals surface area contributed by atoms with Crippen molar-refractivity contribution in [3.05, 3.63) is 0 Å². The molecule has 1 amide bonds. The largest absolute Gasteiger partial charge is 0.345 e. The van der Waals surface area contributed by atoms with Gasteiger partial charge in [0.15, 0.2) is 0 Å². The number of nitrogens with zero attached hydrogens (tertiary/aromatic N) is 1. The van der Waals surface area contributed by atoms with Gasteiger partial charge in [-0.2, -0.15) is 0 Å². The Kier molecular flexibility index (Phi) is 3.32. The summed E-state index contributed by atoms with van der Waals surface area (Å²) in [6, 6.07) is 0. The lowest BCUT2D eigenvalue weighted by atomic mass is 9.89. The van der Waals surface area contributed by atoms with Crippen LogP contribution >= 0.6 is 0 Å². The van der Waals surface area contributed by atoms with Crippen LogP contribution in [0.4, 0.5) is 0 Å². The minimum absolute atomic E-state index is 0.360. The van der Waals surface area contributed by atoms with Crippen LogP contribution < -0.4 is 0 Å². The fourth-order valence-corrected chi connectivity index (χ4v) is 2.80. The molecule has 0 saturated heterocycles. The van der Waals surface area contributed by atoms with E-state index in [1.54, 1.807) is 0 Å². The average molecular weight is 209 g/mol. The maximum absolute atomic E-state index is 11.9. The molecule has 0 bridgehead atoms. The van der Waals surface area contributed by atoms with E-state index < -0.39 is 0 Å². The van der Waals surface area contributed by atoms with E-state index in [-0.39, 0.29) is 0 Å². The SMILES string of the molecule is C[C@H]1C[C@@H]1C(=O)N(C)CC1CCCCC1. The first-order chi connectivity index (χ1) is 7.18. The lowest BCUT2D eigenvalue weighted by molar-refractivity contribution is -0.132. The van der Waals surface area contributed by atoms with Gasteiger partial charge in [0.05, 0.1) is 0 Å². The number of hydrogen-bond donors (Lipinski definition) is 0. The van der Waals surface area contributed by atoms with Crippen molar-refractivity contribution in [1.82, 2.24) is 4.90 Å². The Morgan fingerprint density at radius 2 is 1.87 bits per heavy atom. The summed E-state index contributed by atoms with van der Waals surface area (Å²) in [5.41, 5.74) is 0. The third-order valence-electron chi connectivity index (χ3n) is 4.06. The minimum Gasteiger partial charge on any atom is -0.345 e. The summed E-state index contributed by atoms with van der Waals surface area (Å²) in [7, 11) is 1.99. The summed E-state index contributed by atoms with van der Waals surface area (Å²) >= 11 is 0. The molecule has 15 heavy (non-hydrogen) atoms. The number of hydrogen-bond acceptors (Lipinski definition) is 1. The van der Waals surface area contributed by atoms with E-state index in [1.165, 1.54) is 32.1 Å². The summed E-state index contributed by atoms with van der Waals surface area (Å²) in [4.78, 5) is 13.9. The van der Waals surface area contributed by atoms with Crippen molar-refractivity contribution < 1.29 is 4.79 Å². The summed E-state index contributed by atoms with van der Waals surface area (Å²) in [6.45, 7) is 3.18. The highest BCUT2D eigenvalue weighted by Crippen LogP contribution is 2.39. The number of carbonyl (C=O) groups excluding carboxylic acids is 1. The predicted molar refractivity (Wildman–Crippen MR) is 61.5 cm³/mol. The second-order valence-corrected chi connectivity index (χ2v) is 5.54. The third kappa shape index (κ3) is 2.73. The van der Waals surface area contributed by atoms with Crippen LogP contribution in [-0.4, -0.2) is 24.4 Å². The highest BCUT2D eigenvalue weighted by atomic mass is 16.2. The molecule has 2 heteroatoms. The van der Waals surface area contributed by atoms with Gasteiger partial charge < -0.3 is 4.90 Å². The molecule has 0 radical (unpaired) electrons. The van der Waals surface area contributed by atoms with Crippen LogP contribution in [0.2, 0.25) is 0 Å². The van der Waals surface area contributed by atoms with Gasteiger partial charge in [-0.05, 0) is 31.1 Å². The highest BCUT2D eigenvalue weighted by molar-refractivity contribution is 5.81. The molecule has 86 valence electrons. The molecule has 2 nitrogen and oxygen atoms in total. The van der Waals surface area contributed by atoms with Gasteiger partial charge in [0.1, 0.15) is 0 Å². The van der Waals surface area contributed by atoms with Crippen molar-refractivity contribution in [3.63, 3.8) is 0 Å². The Bertz CT molecular complexity index is 233. The topological polar surface area (TPSA) is 20.3 Å². The summed E-state index contributed by atoms with van der Waals surface area (Å²) < 4.78 is 0. The molecular weight excluding hydrogens is 186 g/mol. The molecule has 0 heterocycles. The van der Waals surface area contributed by atoms with Crippen LogP contribution in [0.25, 0.3) is 0 Å². The molecule has 0 aromatic rings. The summed E-state index contributed by atoms with van der Waals surface area (Å²) in [5.74, 6) is 2.18. The van der Waals surface area contributed by atoms with E-state index in [2.05, 4.69) is 6.92 Å². The first-order valence-corrected chi connectivity index (χ1v) is 6.43. The van der Waals surface area contributed by atoms with Gasteiger partial charge in [-0.15, -0.1) is 0 Å². The Morgan fingerprint density at radius 1 is 1.27 bits per heavy atom. The third-order valence-corrected chi connectivity index (χ3v) is 4.06. The lowest BCUT2D eigenvalue weighted by Crippen LogP contribution is -2.33. The quantitative estimate of drug-likeness (QED) is 0.700. The second-order valence-electron chi connectivity index (χ2n) is 5.54. The normalized spacial score (nSPS) is 31.3. The minimum atomic E-state index is 0.360. The van der Waals surface area contributed by atoms with E-state index in [0.29, 0.717) is 17.7 Å². The van der Waals surface area contributed by atoms with Crippen LogP contribution in [0.15, 0.2) is 0 Å². The number of carbonyl (C=O) groups is 1. The van der Waals surface area contributed by atoms with Crippen LogP contribution in [0.3, 0.4) is 0 Å². The maximum atomic E-state index is 11.9. The zero-order valence-electron chi connectivity index (χ0n) is 10.0. The standard InChI is InChI=1S/C13H23NO/c1-10-8-12(10)13(15)14(2)9-11-6-4-3-5-7-11/h10-12H,3-9H2,1-2H3/t10-,12-/m0/s1. The zero-order chi connectivity index (χ0) is 10.8. The molecular formula is C13H23NO. The monoisotopic (exact) mass is 209 g/mol. The van der Waals surface area contributed by atoms with Gasteiger partial charge in [0, 0.05) is 19.5 Å². The van der Waals surface area contributed by atoms with Gasteiger partial charge in [-0.3, -0.25) is 4.79 Å². The van der Waals surface area contributed by atoms with Gasteiger partial charge in [0.25, 0.3) is 0 Å². The molecule has 2 atom stereocenters. The maximum Gasteiger partial charge on any atom is 0.225 e. The van der Waals surface area contributed by atoms with Crippen molar-refractivity contribution >= 4 is 5.91 Å². The molecule has 0 aliphatic heterocycles. The smallest absolute Gasteiger partial charge is 0.225 e. The van der Waals surface area contributed by atoms with Gasteiger partial charge >= 0.3 is 0 Å². The molecule has 2 fully saturated rings. The molecule has 0 unspecified atom stereocenters. The van der Waals surface area contributed by atoms with Crippen molar-refractivity contribution in [2.45, 2.75) is 45.4 Å². The Morgan fingerprint density at radius 3 is 2.40 bits per heavy atom. The molecule has 2 aliphatic carbocycles. The van der Waals surface area contributed by atoms with E-state index >= 15 is 0 Å². The second kappa shape index (κ2) is 4.54.